The number of hydrogen-bond donors (Lipinski definition) is 1. The quantitative estimate of drug-likeness (QED) is 0.526. The molecule has 1 aromatic carbocycles. The summed E-state index contributed by atoms with van der Waals surface area (Å²) >= 11 is 0. The molecule has 0 heterocycles. The van der Waals surface area contributed by atoms with Crippen LogP contribution < -0.4 is 9.92 Å². The zero-order chi connectivity index (χ0) is 16.4. The van der Waals surface area contributed by atoms with Gasteiger partial charge in [-0.05, 0) is 31.0 Å². The van der Waals surface area contributed by atoms with Gasteiger partial charge < -0.3 is 9.92 Å². The maximum atomic E-state index is 12.9. The van der Waals surface area contributed by atoms with Crippen LogP contribution in [0.1, 0.15) is 22.3 Å². The molecular weight excluding hydrogens is 309 g/mol. The van der Waals surface area contributed by atoms with Crippen LogP contribution in [-0.2, 0) is 17.0 Å². The van der Waals surface area contributed by atoms with Crippen LogP contribution in [-0.4, -0.2) is 16.5 Å². The lowest BCUT2D eigenvalue weighted by Gasteiger charge is -2.14. The van der Waals surface area contributed by atoms with E-state index in [2.05, 4.69) is 35.3 Å². The first-order valence-corrected chi connectivity index (χ1v) is 11.3. The maximum absolute atomic E-state index is 12.9. The third kappa shape index (κ3) is 5.15. The summed E-state index contributed by atoms with van der Waals surface area (Å²) in [4.78, 5) is 0. The van der Waals surface area contributed by atoms with Crippen molar-refractivity contribution in [3.63, 3.8) is 0 Å². The Hall–Kier alpha value is -1.36. The Balaban J connectivity index is 3.53. The summed E-state index contributed by atoms with van der Waals surface area (Å²) in [6, 6.07) is 1.80. The predicted octanol–water partition coefficient (Wildman–Crippen LogP) is 2.58. The molecule has 0 aliphatic heterocycles. The number of hydrogen-bond acceptors (Lipinski definition) is 4. The van der Waals surface area contributed by atoms with Crippen LogP contribution in [0.15, 0.2) is 6.07 Å². The molecule has 4 nitrogen and oxygen atoms in total. The van der Waals surface area contributed by atoms with Gasteiger partial charge >= 0.3 is 10.5 Å². The van der Waals surface area contributed by atoms with Crippen molar-refractivity contribution in [2.24, 2.45) is 5.73 Å². The van der Waals surface area contributed by atoms with Crippen LogP contribution in [0.3, 0.4) is 0 Å². The van der Waals surface area contributed by atoms with Gasteiger partial charge in [0.15, 0.2) is 5.75 Å². The van der Waals surface area contributed by atoms with Crippen LogP contribution in [0.2, 0.25) is 19.6 Å². The van der Waals surface area contributed by atoms with Gasteiger partial charge in [-0.1, -0.05) is 29.4 Å². The van der Waals surface area contributed by atoms with Crippen molar-refractivity contribution in [2.45, 2.75) is 40.0 Å². The maximum Gasteiger partial charge on any atom is 0.488 e. The Morgan fingerprint density at radius 3 is 2.29 bits per heavy atom. The molecule has 2 N–H and O–H groups in total. The van der Waals surface area contributed by atoms with Crippen molar-refractivity contribution >= 4 is 18.6 Å². The van der Waals surface area contributed by atoms with E-state index >= 15 is 0 Å². The van der Waals surface area contributed by atoms with Gasteiger partial charge in [-0.15, -0.1) is 5.54 Å². The third-order valence-corrected chi connectivity index (χ3v) is 4.10. The topological polar surface area (TPSA) is 69.4 Å². The molecule has 0 spiro atoms. The average Bonchev–Trinajstić information content (AvgIpc) is 2.31. The highest BCUT2D eigenvalue weighted by molar-refractivity contribution is 7.81. The van der Waals surface area contributed by atoms with Crippen molar-refractivity contribution in [2.75, 3.05) is 0 Å². The lowest BCUT2D eigenvalue weighted by molar-refractivity contribution is 0.436. The summed E-state index contributed by atoms with van der Waals surface area (Å²) in [6.07, 6.45) is 0. The molecule has 1 rings (SSSR count). The molecule has 0 saturated carbocycles. The number of nitrogens with two attached hydrogens (primary N) is 1. The Morgan fingerprint density at radius 1 is 1.29 bits per heavy atom. The lowest BCUT2D eigenvalue weighted by Crippen LogP contribution is -2.16. The normalized spacial score (nSPS) is 11.8. The Morgan fingerprint density at radius 2 is 1.86 bits per heavy atom. The fraction of sp³-hybridized carbons (Fsp3) is 0.429. The molecule has 0 bridgehead atoms. The second kappa shape index (κ2) is 6.18. The molecule has 0 aliphatic rings. The van der Waals surface area contributed by atoms with Crippen LogP contribution >= 0.6 is 0 Å². The van der Waals surface area contributed by atoms with E-state index in [9.17, 15) is 12.3 Å². The standard InChI is InChI=1S/C14H20FNO3SSi/c1-10-12(6-7-21(3,4)5)8-13(9-16)11(2)14(10)19-20(15,17)18/h8H,9,16H2,1-5H3. The minimum absolute atomic E-state index is 0.0275. The van der Waals surface area contributed by atoms with Gasteiger partial charge in [0.2, 0.25) is 0 Å². The van der Waals surface area contributed by atoms with E-state index in [0.29, 0.717) is 22.3 Å². The zero-order valence-electron chi connectivity index (χ0n) is 12.9. The van der Waals surface area contributed by atoms with E-state index in [1.54, 1.807) is 19.9 Å². The minimum Gasteiger partial charge on any atom is -0.358 e. The molecule has 21 heavy (non-hydrogen) atoms. The monoisotopic (exact) mass is 329 g/mol. The average molecular weight is 329 g/mol. The molecule has 1 aromatic rings. The van der Waals surface area contributed by atoms with E-state index in [-0.39, 0.29) is 12.3 Å². The SMILES string of the molecule is Cc1c(C#C[Si](C)(C)C)cc(CN)c(C)c1OS(=O)(=O)F. The fourth-order valence-electron chi connectivity index (χ4n) is 1.76. The first-order valence-electron chi connectivity index (χ1n) is 6.45. The molecule has 0 atom stereocenters. The molecule has 0 aliphatic carbocycles. The summed E-state index contributed by atoms with van der Waals surface area (Å²) < 4.78 is 38.9. The smallest absolute Gasteiger partial charge is 0.358 e. The van der Waals surface area contributed by atoms with Gasteiger partial charge in [-0.2, -0.15) is 8.42 Å². The molecule has 7 heteroatoms. The first kappa shape index (κ1) is 17.7. The van der Waals surface area contributed by atoms with Gasteiger partial charge in [-0.3, -0.25) is 0 Å². The molecule has 0 aromatic heterocycles. The van der Waals surface area contributed by atoms with Gasteiger partial charge in [0.25, 0.3) is 0 Å². The second-order valence-electron chi connectivity index (χ2n) is 5.84. The summed E-state index contributed by atoms with van der Waals surface area (Å²) in [5.74, 6) is 3.01. The fourth-order valence-corrected chi connectivity index (χ4v) is 2.72. The van der Waals surface area contributed by atoms with E-state index in [0.717, 1.165) is 0 Å². The largest absolute Gasteiger partial charge is 0.488 e. The minimum atomic E-state index is -5.09. The lowest BCUT2D eigenvalue weighted by atomic mass is 9.99. The van der Waals surface area contributed by atoms with Gasteiger partial charge in [0.1, 0.15) is 8.07 Å². The third-order valence-electron chi connectivity index (χ3n) is 2.86. The first-order chi connectivity index (χ1) is 9.44. The van der Waals surface area contributed by atoms with Crippen LogP contribution in [0, 0.1) is 25.3 Å². The molecule has 0 unspecified atom stereocenters. The Kier molecular flexibility index (Phi) is 5.20. The Labute approximate surface area is 126 Å². The molecule has 0 radical (unpaired) electrons. The van der Waals surface area contributed by atoms with Gasteiger partial charge in [0.05, 0.1) is 0 Å². The molecular formula is C14H20FNO3SSi. The van der Waals surface area contributed by atoms with E-state index in [1.807, 2.05) is 0 Å². The number of halogens is 1. The molecule has 0 saturated heterocycles. The predicted molar refractivity (Wildman–Crippen MR) is 84.7 cm³/mol. The molecule has 0 fully saturated rings. The van der Waals surface area contributed by atoms with Gasteiger partial charge in [-0.25, -0.2) is 0 Å². The van der Waals surface area contributed by atoms with Crippen LogP contribution in [0.25, 0.3) is 0 Å². The summed E-state index contributed by atoms with van der Waals surface area (Å²) in [5.41, 5.74) is 11.1. The highest BCUT2D eigenvalue weighted by Gasteiger charge is 2.19. The zero-order valence-corrected chi connectivity index (χ0v) is 14.7. The van der Waals surface area contributed by atoms with Crippen molar-refractivity contribution in [3.8, 4) is 17.2 Å². The van der Waals surface area contributed by atoms with E-state index in [1.165, 1.54) is 0 Å². The summed E-state index contributed by atoms with van der Waals surface area (Å²) in [6.45, 7) is 9.77. The number of benzene rings is 1. The number of rotatable bonds is 3. The van der Waals surface area contributed by atoms with Gasteiger partial charge in [0, 0.05) is 17.7 Å². The highest BCUT2D eigenvalue weighted by atomic mass is 32.3. The summed E-state index contributed by atoms with van der Waals surface area (Å²) in [7, 11) is -6.68. The van der Waals surface area contributed by atoms with E-state index in [4.69, 9.17) is 5.73 Å². The van der Waals surface area contributed by atoms with Crippen LogP contribution in [0.5, 0.6) is 5.75 Å². The van der Waals surface area contributed by atoms with Crippen molar-refractivity contribution in [3.05, 3.63) is 28.3 Å². The van der Waals surface area contributed by atoms with E-state index < -0.39 is 18.6 Å². The van der Waals surface area contributed by atoms with Crippen molar-refractivity contribution < 1.29 is 16.5 Å². The Bertz CT molecular complexity index is 712. The van der Waals surface area contributed by atoms with Crippen LogP contribution in [0.4, 0.5) is 3.89 Å². The molecule has 116 valence electrons. The highest BCUT2D eigenvalue weighted by Crippen LogP contribution is 2.30. The van der Waals surface area contributed by atoms with Crippen molar-refractivity contribution in [1.29, 1.82) is 0 Å². The summed E-state index contributed by atoms with van der Waals surface area (Å²) in [5, 5.41) is 0. The van der Waals surface area contributed by atoms with Crippen molar-refractivity contribution in [1.82, 2.24) is 0 Å². The molecule has 0 amide bonds. The second-order valence-corrected chi connectivity index (χ2v) is 11.5.